The average Bonchev–Trinajstić information content (AvgIpc) is 1.62. The lowest BCUT2D eigenvalue weighted by Crippen LogP contribution is -2.62. The van der Waals surface area contributed by atoms with Crippen molar-refractivity contribution in [2.75, 3.05) is 38.2 Å². The standard InChI is InChI=1S/C71H87F3N14O12S2/c1-40-63(93)83-56(16-11-44-35-79-53-17-12-46(72)31-51(44)53)65(95)84-57(30-45-36-80-54-18-13-47(73)32-52(45)54)66(96)86-59(34-62(91)92)68(98)85-58(33-49(77-4)37-76-3)67(97)87-60(29-41-9-14-50(89)15-10-41)69(99)88-23-7-20-71(88,2)70(100)78-22-25-102-39-43-26-42(27-48(74)28-43)38-101-24-19-61(90)82-55(64(94)81-40)8-5-6-21-75/h9-10,12-15,17-18,26-28,31-32,35-37,40,55-60,77,79-80,89H,3,5-8,11,16,19-25,29-30,33-34,38-39,75H2,1-2,4H3,(H,78,100)(H,81,94)(H,82,90)(H,83,93)(H,84,95)(H,85,98)(H,86,96)(H,87,97)(H,91,92)/b49-37-/t40-,55+,56+,57+,58+,59+,60+,71+/m1/s1. The number of nitrogens with one attached hydrogen (secondary N) is 11. The fourth-order valence-corrected chi connectivity index (χ4v) is 13.9. The second kappa shape index (κ2) is 37.2. The second-order valence-corrected chi connectivity index (χ2v) is 27.6. The van der Waals surface area contributed by atoms with E-state index in [2.05, 4.69) is 69.5 Å². The van der Waals surface area contributed by atoms with Gasteiger partial charge in [0.05, 0.1) is 6.42 Å². The minimum Gasteiger partial charge on any atom is -0.508 e. The van der Waals surface area contributed by atoms with Gasteiger partial charge in [-0.15, -0.1) is 0 Å². The van der Waals surface area contributed by atoms with E-state index in [0.717, 1.165) is 0 Å². The Morgan fingerprint density at radius 2 is 1.25 bits per heavy atom. The zero-order chi connectivity index (χ0) is 73.6. The van der Waals surface area contributed by atoms with Crippen molar-refractivity contribution in [2.24, 2.45) is 10.7 Å². The number of halogens is 3. The van der Waals surface area contributed by atoms with Gasteiger partial charge >= 0.3 is 5.97 Å². The summed E-state index contributed by atoms with van der Waals surface area (Å²) < 4.78 is 44.8. The SMILES string of the molecule is C=N/C=C(/C[C@@H]1NC(=O)[C@H](CC(=O)O)NC(=O)[C@H](Cc2c[nH]c3ccc(F)cc23)NC(=O)[C@H](CCc2c[nH]c3ccc(F)cc23)NC(=O)[C@@H](C)NC(=O)[C@H](CCCCN)NC(=O)CCSCc2cc(F)cc(c2)CSCCNC(=O)[C@]2(C)CCCN2C(=O)[C@H](Cc2ccc(O)cc2)NC1=O)NC. The predicted octanol–water partition coefficient (Wildman–Crippen LogP) is 4.43. The van der Waals surface area contributed by atoms with Crippen molar-refractivity contribution in [3.63, 3.8) is 0 Å². The van der Waals surface area contributed by atoms with Crippen LogP contribution in [0.5, 0.6) is 5.75 Å². The number of phenols is 1. The quantitative estimate of drug-likeness (QED) is 0.0444. The molecule has 8 rings (SSSR count). The number of nitrogens with zero attached hydrogens (tertiary/aromatic N) is 2. The van der Waals surface area contributed by atoms with E-state index in [9.17, 15) is 47.8 Å². The van der Waals surface area contributed by atoms with Crippen LogP contribution < -0.4 is 53.6 Å². The number of carbonyl (C=O) groups is 10. The van der Waals surface area contributed by atoms with E-state index in [1.54, 1.807) is 13.1 Å². The number of aliphatic carboxylic acids is 1. The van der Waals surface area contributed by atoms with Gasteiger partial charge < -0.3 is 78.7 Å². The summed E-state index contributed by atoms with van der Waals surface area (Å²) in [5.74, 6) is -9.78. The van der Waals surface area contributed by atoms with Gasteiger partial charge in [-0.2, -0.15) is 23.5 Å². The summed E-state index contributed by atoms with van der Waals surface area (Å²) in [5.41, 5.74) is 8.07. The van der Waals surface area contributed by atoms with Crippen LogP contribution in [-0.4, -0.2) is 177 Å². The lowest BCUT2D eigenvalue weighted by atomic mass is 9.95. The summed E-state index contributed by atoms with van der Waals surface area (Å²) in [6, 6.07) is 7.18. The maximum atomic E-state index is 15.1. The van der Waals surface area contributed by atoms with Gasteiger partial charge in [0, 0.05) is 115 Å². The summed E-state index contributed by atoms with van der Waals surface area (Å²) in [6.07, 6.45) is 3.44. The molecule has 0 radical (unpaired) electrons. The normalized spacial score (nSPS) is 22.8. The third-order valence-electron chi connectivity index (χ3n) is 17.8. The number of hydrogen-bond donors (Lipinski definition) is 14. The smallest absolute Gasteiger partial charge is 0.305 e. The lowest BCUT2D eigenvalue weighted by molar-refractivity contribution is -0.146. The molecule has 2 aliphatic rings. The van der Waals surface area contributed by atoms with Crippen LogP contribution in [0.2, 0.25) is 0 Å². The third kappa shape index (κ3) is 21.8. The minimum atomic E-state index is -2.04. The Labute approximate surface area is 595 Å². The van der Waals surface area contributed by atoms with Gasteiger partial charge in [0.15, 0.2) is 0 Å². The monoisotopic (exact) mass is 1450 g/mol. The van der Waals surface area contributed by atoms with Crippen LogP contribution in [0, 0.1) is 17.5 Å². The number of aromatic nitrogens is 2. The molecule has 4 heterocycles. The second-order valence-electron chi connectivity index (χ2n) is 25.4. The number of thioether (sulfide) groups is 2. The number of hydrogen-bond acceptors (Lipinski definition) is 16. The van der Waals surface area contributed by atoms with E-state index in [1.807, 2.05) is 6.07 Å². The number of amides is 9. The van der Waals surface area contributed by atoms with Crippen molar-refractivity contribution in [3.8, 4) is 5.75 Å². The fraction of sp³-hybridized carbons (Fsp3) is 0.423. The Bertz CT molecular complexity index is 4060. The number of unbranched alkanes of at least 4 members (excludes halogenated alkanes) is 1. The fourth-order valence-electron chi connectivity index (χ4n) is 12.3. The molecule has 0 unspecified atom stereocenters. The molecule has 102 heavy (non-hydrogen) atoms. The Balaban J connectivity index is 1.15. The molecule has 0 saturated carbocycles. The van der Waals surface area contributed by atoms with Crippen LogP contribution in [-0.2, 0) is 78.7 Å². The number of carbonyl (C=O) groups excluding carboxylic acids is 9. The van der Waals surface area contributed by atoms with E-state index in [1.165, 1.54) is 128 Å². The van der Waals surface area contributed by atoms with E-state index in [0.29, 0.717) is 75.2 Å². The molecule has 31 heteroatoms. The molecular weight excluding hydrogens is 1360 g/mol. The molecule has 0 aliphatic carbocycles. The topological polar surface area (TPSA) is 393 Å². The number of aliphatic imine (C=N–C) groups is 1. The predicted molar refractivity (Wildman–Crippen MR) is 382 cm³/mol. The number of phenolic OH excluding ortho intramolecular Hbond substituents is 1. The van der Waals surface area contributed by atoms with Gasteiger partial charge in [-0.3, -0.25) is 52.9 Å². The molecular formula is C71H87F3N14O12S2. The first kappa shape index (κ1) is 77.9. The highest BCUT2D eigenvalue weighted by Crippen LogP contribution is 2.32. The number of rotatable bonds is 17. The highest BCUT2D eigenvalue weighted by molar-refractivity contribution is 7.98. The molecule has 1 saturated heterocycles. The molecule has 0 spiro atoms. The van der Waals surface area contributed by atoms with Gasteiger partial charge in [-0.05, 0) is 161 Å². The van der Waals surface area contributed by atoms with Crippen molar-refractivity contribution >= 4 is 111 Å². The lowest BCUT2D eigenvalue weighted by Gasteiger charge is -2.36. The number of aromatic amines is 2. The molecule has 2 aliphatic heterocycles. The molecule has 9 amide bonds. The van der Waals surface area contributed by atoms with Crippen LogP contribution in [0.15, 0.2) is 108 Å². The number of H-pyrrole nitrogens is 2. The highest BCUT2D eigenvalue weighted by Gasteiger charge is 2.48. The molecule has 2 aromatic heterocycles. The van der Waals surface area contributed by atoms with Crippen molar-refractivity contribution in [1.29, 1.82) is 0 Å². The van der Waals surface area contributed by atoms with Crippen LogP contribution in [0.25, 0.3) is 21.8 Å². The molecule has 26 nitrogen and oxygen atoms in total. The molecule has 6 aromatic rings. The average molecular weight is 1450 g/mol. The number of nitrogens with two attached hydrogens (primary N) is 1. The summed E-state index contributed by atoms with van der Waals surface area (Å²) in [5, 5.41) is 45.6. The van der Waals surface area contributed by atoms with Crippen LogP contribution in [0.4, 0.5) is 13.2 Å². The summed E-state index contributed by atoms with van der Waals surface area (Å²) >= 11 is 2.79. The van der Waals surface area contributed by atoms with E-state index >= 15 is 23.6 Å². The van der Waals surface area contributed by atoms with Crippen LogP contribution in [0.3, 0.4) is 0 Å². The van der Waals surface area contributed by atoms with Gasteiger partial charge in [0.25, 0.3) is 0 Å². The molecule has 4 aromatic carbocycles. The van der Waals surface area contributed by atoms with E-state index in [-0.39, 0.29) is 86.3 Å². The van der Waals surface area contributed by atoms with Gasteiger partial charge in [0.1, 0.15) is 71.0 Å². The Kier molecular flexibility index (Phi) is 28.4. The third-order valence-corrected chi connectivity index (χ3v) is 19.8. The summed E-state index contributed by atoms with van der Waals surface area (Å²) in [6.45, 7) is 6.98. The maximum Gasteiger partial charge on any atom is 0.305 e. The van der Waals surface area contributed by atoms with Gasteiger partial charge in [-0.25, -0.2) is 13.2 Å². The molecule has 15 N–H and O–H groups in total. The van der Waals surface area contributed by atoms with E-state index < -0.39 is 144 Å². The number of carboxylic acid groups (broad SMARTS) is 1. The summed E-state index contributed by atoms with van der Waals surface area (Å²) in [4.78, 5) is 156. The Hall–Kier alpha value is -9.88. The number of fused-ring (bicyclic) bond motifs is 5. The summed E-state index contributed by atoms with van der Waals surface area (Å²) in [7, 11) is 1.48. The number of carboxylic acids is 1. The highest BCUT2D eigenvalue weighted by atomic mass is 32.2. The zero-order valence-electron chi connectivity index (χ0n) is 56.8. The van der Waals surface area contributed by atoms with Crippen molar-refractivity contribution < 1.29 is 71.3 Å². The first-order valence-electron chi connectivity index (χ1n) is 33.5. The largest absolute Gasteiger partial charge is 0.508 e. The Morgan fingerprint density at radius 3 is 1.88 bits per heavy atom. The molecule has 1 fully saturated rings. The zero-order valence-corrected chi connectivity index (χ0v) is 58.5. The maximum absolute atomic E-state index is 15.1. The van der Waals surface area contributed by atoms with Gasteiger partial charge in [0.2, 0.25) is 53.2 Å². The number of aryl methyl sites for hydroxylation is 1. The van der Waals surface area contributed by atoms with Crippen molar-refractivity contribution in [2.45, 2.75) is 150 Å². The van der Waals surface area contributed by atoms with Crippen LogP contribution in [0.1, 0.15) is 99.5 Å². The van der Waals surface area contributed by atoms with Crippen molar-refractivity contribution in [1.82, 2.24) is 62.7 Å². The first-order valence-corrected chi connectivity index (χ1v) is 35.8. The molecule has 8 atom stereocenters. The number of aromatic hydroxyl groups is 1. The van der Waals surface area contributed by atoms with Gasteiger partial charge in [-0.1, -0.05) is 18.2 Å². The van der Waals surface area contributed by atoms with Crippen molar-refractivity contribution in [3.05, 3.63) is 148 Å². The first-order chi connectivity index (χ1) is 48.8. The van der Waals surface area contributed by atoms with Crippen LogP contribution >= 0.6 is 23.5 Å². The number of benzene rings is 4. The van der Waals surface area contributed by atoms with E-state index in [4.69, 9.17) is 5.73 Å². The Morgan fingerprint density at radius 1 is 0.676 bits per heavy atom. The molecule has 2 bridgehead atoms. The molecule has 546 valence electrons. The minimum absolute atomic E-state index is 0.0134.